The summed E-state index contributed by atoms with van der Waals surface area (Å²) in [5, 5.41) is 7.54. The monoisotopic (exact) mass is 482 g/mol. The number of carbonyl (C=O) groups is 1. The second-order valence-corrected chi connectivity index (χ2v) is 9.03. The van der Waals surface area contributed by atoms with Gasteiger partial charge in [0.05, 0.1) is 18.4 Å². The molecule has 0 spiro atoms. The molecule has 4 heterocycles. The van der Waals surface area contributed by atoms with Gasteiger partial charge in [0, 0.05) is 42.9 Å². The van der Waals surface area contributed by atoms with Crippen LogP contribution in [0.2, 0.25) is 5.02 Å². The third kappa shape index (κ3) is 4.87. The normalized spacial score (nSPS) is 22.4. The molecule has 8 nitrogen and oxygen atoms in total. The third-order valence-corrected chi connectivity index (χ3v) is 6.68. The van der Waals surface area contributed by atoms with Crippen LogP contribution in [-0.2, 0) is 4.79 Å². The fourth-order valence-electron chi connectivity index (χ4n) is 4.40. The lowest BCUT2D eigenvalue weighted by molar-refractivity contribution is -0.126. The van der Waals surface area contributed by atoms with Crippen molar-refractivity contribution >= 4 is 34.8 Å². The van der Waals surface area contributed by atoms with Crippen LogP contribution >= 0.6 is 11.6 Å². The van der Waals surface area contributed by atoms with E-state index in [1.165, 1.54) is 6.26 Å². The smallest absolute Gasteiger partial charge is 0.254 e. The lowest BCUT2D eigenvalue weighted by Gasteiger charge is -2.37. The van der Waals surface area contributed by atoms with E-state index in [1.807, 2.05) is 39.1 Å². The number of amides is 1. The van der Waals surface area contributed by atoms with Crippen molar-refractivity contribution in [2.24, 2.45) is 11.8 Å². The van der Waals surface area contributed by atoms with E-state index in [2.05, 4.69) is 33.4 Å². The van der Waals surface area contributed by atoms with Gasteiger partial charge in [-0.25, -0.2) is 4.98 Å². The highest BCUT2D eigenvalue weighted by Gasteiger charge is 2.34. The van der Waals surface area contributed by atoms with Crippen molar-refractivity contribution in [3.63, 3.8) is 0 Å². The van der Waals surface area contributed by atoms with Gasteiger partial charge in [-0.15, -0.1) is 0 Å². The third-order valence-electron chi connectivity index (χ3n) is 6.40. The fraction of sp³-hybridized carbons (Fsp3) is 0.440. The van der Waals surface area contributed by atoms with Crippen LogP contribution in [-0.4, -0.2) is 52.1 Å². The zero-order valence-corrected chi connectivity index (χ0v) is 20.8. The number of nitrogens with one attached hydrogen (secondary N) is 1. The molecule has 3 aliphatic rings. The molecule has 0 aromatic carbocycles. The predicted octanol–water partition coefficient (Wildman–Crippen LogP) is 4.79. The Bertz CT molecular complexity index is 1100. The second kappa shape index (κ2) is 10.4. The number of piperidine rings is 1. The summed E-state index contributed by atoms with van der Waals surface area (Å²) in [6, 6.07) is -0.0524. The van der Waals surface area contributed by atoms with Gasteiger partial charge in [-0.3, -0.25) is 4.79 Å². The van der Waals surface area contributed by atoms with Gasteiger partial charge in [0.1, 0.15) is 11.3 Å². The molecule has 5 rings (SSSR count). The molecule has 0 radical (unpaired) electrons. The van der Waals surface area contributed by atoms with Crippen molar-refractivity contribution in [3.05, 3.63) is 59.2 Å². The quantitative estimate of drug-likeness (QED) is 0.670. The van der Waals surface area contributed by atoms with E-state index < -0.39 is 0 Å². The molecule has 1 aliphatic carbocycles. The molecule has 2 aromatic rings. The molecular formula is C25H31ClN6O2. The number of aromatic nitrogens is 3. The van der Waals surface area contributed by atoms with Crippen LogP contribution in [0.15, 0.2) is 53.2 Å². The first-order valence-electron chi connectivity index (χ1n) is 11.8. The number of hydrogen-bond acceptors (Lipinski definition) is 7. The first-order valence-corrected chi connectivity index (χ1v) is 12.2. The number of fused-ring (bicyclic) bond motifs is 1. The Morgan fingerprint density at radius 3 is 2.65 bits per heavy atom. The minimum Gasteiger partial charge on any atom is -0.364 e. The van der Waals surface area contributed by atoms with Gasteiger partial charge < -0.3 is 19.6 Å². The van der Waals surface area contributed by atoms with Crippen LogP contribution in [0.3, 0.4) is 0 Å². The first kappa shape index (κ1) is 24.0. The predicted molar refractivity (Wildman–Crippen MR) is 134 cm³/mol. The number of hydrogen-bond donors (Lipinski definition) is 1. The van der Waals surface area contributed by atoms with Gasteiger partial charge in [-0.1, -0.05) is 55.8 Å². The number of nitrogens with zero attached hydrogens (tertiary/aromatic N) is 5. The summed E-state index contributed by atoms with van der Waals surface area (Å²) in [6.07, 6.45) is 15.0. The molecule has 180 valence electrons. The topological polar surface area (TPSA) is 87.4 Å². The van der Waals surface area contributed by atoms with E-state index in [0.29, 0.717) is 27.9 Å². The Balaban J connectivity index is 0.00000133. The zero-order chi connectivity index (χ0) is 24.2. The molecule has 0 bridgehead atoms. The molecule has 2 unspecified atom stereocenters. The van der Waals surface area contributed by atoms with Gasteiger partial charge in [-0.2, -0.15) is 4.98 Å². The summed E-state index contributed by atoms with van der Waals surface area (Å²) in [5.74, 6) is 1.95. The second-order valence-electron chi connectivity index (χ2n) is 8.62. The number of carbonyl (C=O) groups excluding carboxylic acids is 1. The van der Waals surface area contributed by atoms with E-state index in [4.69, 9.17) is 21.1 Å². The van der Waals surface area contributed by atoms with Crippen LogP contribution in [0.1, 0.15) is 39.2 Å². The highest BCUT2D eigenvalue weighted by molar-refractivity contribution is 6.32. The van der Waals surface area contributed by atoms with Gasteiger partial charge in [0.2, 0.25) is 5.95 Å². The van der Waals surface area contributed by atoms with E-state index in [1.54, 1.807) is 17.3 Å². The Morgan fingerprint density at radius 2 is 1.94 bits per heavy atom. The fourth-order valence-corrected chi connectivity index (χ4v) is 4.54. The number of anilines is 2. The average molecular weight is 483 g/mol. The molecule has 1 saturated heterocycles. The maximum Gasteiger partial charge on any atom is 0.254 e. The van der Waals surface area contributed by atoms with Crippen molar-refractivity contribution in [1.29, 1.82) is 0 Å². The lowest BCUT2D eigenvalue weighted by Crippen LogP contribution is -2.44. The van der Waals surface area contributed by atoms with Crippen LogP contribution in [0.4, 0.5) is 11.8 Å². The Morgan fingerprint density at radius 1 is 1.18 bits per heavy atom. The summed E-state index contributed by atoms with van der Waals surface area (Å²) in [6.45, 7) is 8.18. The van der Waals surface area contributed by atoms with Crippen molar-refractivity contribution in [2.45, 2.75) is 39.7 Å². The molecule has 2 aliphatic heterocycles. The molecule has 9 heteroatoms. The van der Waals surface area contributed by atoms with E-state index in [9.17, 15) is 4.79 Å². The number of likely N-dealkylation sites (N-methyl/N-ethyl adjacent to an activating group) is 1. The zero-order valence-electron chi connectivity index (χ0n) is 20.0. The van der Waals surface area contributed by atoms with Crippen molar-refractivity contribution in [1.82, 2.24) is 20.0 Å². The maximum atomic E-state index is 12.8. The molecule has 1 N–H and O–H groups in total. The highest BCUT2D eigenvalue weighted by Crippen LogP contribution is 2.33. The van der Waals surface area contributed by atoms with Crippen molar-refractivity contribution in [3.8, 4) is 0 Å². The van der Waals surface area contributed by atoms with Crippen LogP contribution < -0.4 is 10.2 Å². The number of halogens is 1. The average Bonchev–Trinajstić information content (AvgIpc) is 3.39. The molecule has 2 atom stereocenters. The molecule has 0 saturated carbocycles. The van der Waals surface area contributed by atoms with Crippen LogP contribution in [0.5, 0.6) is 0 Å². The SMILES string of the molecule is CC.CC1CCN(c2ncc(Cl)c(NC3=CC4C=C(c5cnoc5)C(=O)N(C)C4C=C3)n2)CC1. The summed E-state index contributed by atoms with van der Waals surface area (Å²) >= 11 is 6.41. The van der Waals surface area contributed by atoms with Gasteiger partial charge in [0.15, 0.2) is 5.82 Å². The molecule has 1 fully saturated rings. The molecule has 1 amide bonds. The van der Waals surface area contributed by atoms with Gasteiger partial charge in [-0.05, 0) is 24.8 Å². The standard InChI is InChI=1S/C23H25ClN6O2.C2H6/c1-14-5-7-30(8-6-14)23-25-12-19(24)21(28-23)27-17-3-4-20-15(9-17)10-18(22(31)29(20)2)16-11-26-32-13-16;1-2/h3-4,9-15,20H,5-8H2,1-2H3,(H,25,27,28);1-2H3. The van der Waals surface area contributed by atoms with Crippen molar-refractivity contribution in [2.75, 3.05) is 30.4 Å². The van der Waals surface area contributed by atoms with Gasteiger partial charge >= 0.3 is 0 Å². The van der Waals surface area contributed by atoms with E-state index in [-0.39, 0.29) is 17.9 Å². The van der Waals surface area contributed by atoms with E-state index in [0.717, 1.165) is 37.5 Å². The summed E-state index contributed by atoms with van der Waals surface area (Å²) in [7, 11) is 1.81. The minimum absolute atomic E-state index is 0.00114. The highest BCUT2D eigenvalue weighted by atomic mass is 35.5. The van der Waals surface area contributed by atoms with Crippen LogP contribution in [0, 0.1) is 11.8 Å². The summed E-state index contributed by atoms with van der Waals surface area (Å²) in [4.78, 5) is 25.9. The Kier molecular flexibility index (Phi) is 7.36. The Hall–Kier alpha value is -3.13. The number of allylic oxidation sites excluding steroid dienone is 1. The molecule has 34 heavy (non-hydrogen) atoms. The summed E-state index contributed by atoms with van der Waals surface area (Å²) in [5.41, 5.74) is 2.13. The van der Waals surface area contributed by atoms with Crippen molar-refractivity contribution < 1.29 is 9.32 Å². The molecule has 2 aromatic heterocycles. The largest absolute Gasteiger partial charge is 0.364 e. The van der Waals surface area contributed by atoms with Crippen LogP contribution in [0.25, 0.3) is 5.57 Å². The lowest BCUT2D eigenvalue weighted by atomic mass is 9.85. The Labute approximate surface area is 205 Å². The van der Waals surface area contributed by atoms with Gasteiger partial charge in [0.25, 0.3) is 5.91 Å². The first-order chi connectivity index (χ1) is 16.5. The summed E-state index contributed by atoms with van der Waals surface area (Å²) < 4.78 is 4.93. The minimum atomic E-state index is -0.0526. The molecular weight excluding hydrogens is 452 g/mol. The maximum absolute atomic E-state index is 12.8. The van der Waals surface area contributed by atoms with E-state index >= 15 is 0 Å². The number of rotatable bonds is 4.